The van der Waals surface area contributed by atoms with E-state index in [2.05, 4.69) is 20.7 Å². The van der Waals surface area contributed by atoms with Gasteiger partial charge in [0.25, 0.3) is 0 Å². The lowest BCUT2D eigenvalue weighted by molar-refractivity contribution is -0.274. The zero-order valence-electron chi connectivity index (χ0n) is 8.27. The Kier molecular flexibility index (Phi) is 3.96. The molecular formula is C10H8BrF3O2. The third-order valence-electron chi connectivity index (χ3n) is 1.67. The van der Waals surface area contributed by atoms with Crippen LogP contribution in [0.15, 0.2) is 22.7 Å². The van der Waals surface area contributed by atoms with E-state index < -0.39 is 6.36 Å². The molecule has 0 unspecified atom stereocenters. The van der Waals surface area contributed by atoms with E-state index in [0.717, 1.165) is 0 Å². The predicted octanol–water partition coefficient (Wildman–Crippen LogP) is 3.48. The maximum Gasteiger partial charge on any atom is 0.573 e. The Morgan fingerprint density at radius 1 is 1.44 bits per heavy atom. The molecule has 0 aliphatic rings. The molecule has 1 aromatic carbocycles. The van der Waals surface area contributed by atoms with Crippen LogP contribution in [0.5, 0.6) is 5.75 Å². The van der Waals surface area contributed by atoms with E-state index in [0.29, 0.717) is 5.56 Å². The average Bonchev–Trinajstić information content (AvgIpc) is 2.07. The Labute approximate surface area is 98.5 Å². The van der Waals surface area contributed by atoms with Crippen LogP contribution in [-0.4, -0.2) is 12.1 Å². The summed E-state index contributed by atoms with van der Waals surface area (Å²) in [5.41, 5.74) is 0.481. The molecule has 1 aromatic rings. The highest BCUT2D eigenvalue weighted by Crippen LogP contribution is 2.31. The second-order valence-corrected chi connectivity index (χ2v) is 4.05. The van der Waals surface area contributed by atoms with Crippen molar-refractivity contribution in [1.29, 1.82) is 0 Å². The molecule has 0 saturated carbocycles. The molecular weight excluding hydrogens is 289 g/mol. The summed E-state index contributed by atoms with van der Waals surface area (Å²) in [5, 5.41) is 0. The Morgan fingerprint density at radius 2 is 2.06 bits per heavy atom. The van der Waals surface area contributed by atoms with Gasteiger partial charge in [-0.2, -0.15) is 0 Å². The fourth-order valence-corrected chi connectivity index (χ4v) is 1.48. The third-order valence-corrected chi connectivity index (χ3v) is 2.33. The standard InChI is InChI=1S/C10H8BrF3O2/c1-6(15)4-7-2-3-8(11)9(5-7)16-10(12,13)14/h2-3,5H,4H2,1H3. The molecule has 1 rings (SSSR count). The van der Waals surface area contributed by atoms with Gasteiger partial charge in [-0.25, -0.2) is 0 Å². The summed E-state index contributed by atoms with van der Waals surface area (Å²) < 4.78 is 40.0. The number of ketones is 1. The van der Waals surface area contributed by atoms with Gasteiger partial charge in [-0.3, -0.25) is 4.79 Å². The van der Waals surface area contributed by atoms with Crippen molar-refractivity contribution in [2.75, 3.05) is 0 Å². The van der Waals surface area contributed by atoms with Gasteiger partial charge in [-0.05, 0) is 40.5 Å². The fraction of sp³-hybridized carbons (Fsp3) is 0.300. The van der Waals surface area contributed by atoms with E-state index in [9.17, 15) is 18.0 Å². The van der Waals surface area contributed by atoms with Crippen LogP contribution >= 0.6 is 15.9 Å². The highest BCUT2D eigenvalue weighted by atomic mass is 79.9. The average molecular weight is 297 g/mol. The van der Waals surface area contributed by atoms with Crippen LogP contribution in [0.3, 0.4) is 0 Å². The zero-order valence-corrected chi connectivity index (χ0v) is 9.85. The molecule has 88 valence electrons. The number of hydrogen-bond acceptors (Lipinski definition) is 2. The van der Waals surface area contributed by atoms with Crippen molar-refractivity contribution in [1.82, 2.24) is 0 Å². The number of carbonyl (C=O) groups is 1. The molecule has 16 heavy (non-hydrogen) atoms. The van der Waals surface area contributed by atoms with Crippen molar-refractivity contribution >= 4 is 21.7 Å². The summed E-state index contributed by atoms with van der Waals surface area (Å²) in [6.45, 7) is 1.37. The van der Waals surface area contributed by atoms with Gasteiger partial charge in [-0.1, -0.05) is 6.07 Å². The molecule has 0 radical (unpaired) electrons. The molecule has 2 nitrogen and oxygen atoms in total. The molecule has 0 saturated heterocycles. The first-order chi connectivity index (χ1) is 7.28. The van der Waals surface area contributed by atoms with Crippen LogP contribution in [0.1, 0.15) is 12.5 Å². The number of halogens is 4. The Morgan fingerprint density at radius 3 is 2.56 bits per heavy atom. The summed E-state index contributed by atoms with van der Waals surface area (Å²) in [6, 6.07) is 4.17. The number of hydrogen-bond donors (Lipinski definition) is 0. The molecule has 0 spiro atoms. The molecule has 0 fully saturated rings. The van der Waals surface area contributed by atoms with Gasteiger partial charge in [0.15, 0.2) is 0 Å². The van der Waals surface area contributed by atoms with E-state index in [-0.39, 0.29) is 22.4 Å². The lowest BCUT2D eigenvalue weighted by Crippen LogP contribution is -2.17. The maximum atomic E-state index is 12.0. The van der Waals surface area contributed by atoms with Crippen molar-refractivity contribution in [3.63, 3.8) is 0 Å². The second kappa shape index (κ2) is 4.86. The molecule has 0 aliphatic carbocycles. The minimum Gasteiger partial charge on any atom is -0.405 e. The van der Waals surface area contributed by atoms with Crippen molar-refractivity contribution in [2.45, 2.75) is 19.7 Å². The van der Waals surface area contributed by atoms with Crippen LogP contribution in [0, 0.1) is 0 Å². The number of carbonyl (C=O) groups excluding carboxylic acids is 1. The van der Waals surface area contributed by atoms with Crippen molar-refractivity contribution in [3.05, 3.63) is 28.2 Å². The number of rotatable bonds is 3. The number of alkyl halides is 3. The Hall–Kier alpha value is -1.04. The first kappa shape index (κ1) is 13.0. The minimum absolute atomic E-state index is 0.0848. The van der Waals surface area contributed by atoms with Gasteiger partial charge in [0.05, 0.1) is 4.47 Å². The Bertz CT molecular complexity index is 402. The Balaban J connectivity index is 2.95. The lowest BCUT2D eigenvalue weighted by atomic mass is 10.1. The van der Waals surface area contributed by atoms with Crippen LogP contribution in [0.2, 0.25) is 0 Å². The second-order valence-electron chi connectivity index (χ2n) is 3.19. The van der Waals surface area contributed by atoms with E-state index in [4.69, 9.17) is 0 Å². The number of benzene rings is 1. The topological polar surface area (TPSA) is 26.3 Å². The van der Waals surface area contributed by atoms with E-state index in [1.165, 1.54) is 19.1 Å². The van der Waals surface area contributed by atoms with Gasteiger partial charge >= 0.3 is 6.36 Å². The van der Waals surface area contributed by atoms with Crippen LogP contribution in [0.25, 0.3) is 0 Å². The maximum absolute atomic E-state index is 12.0. The highest BCUT2D eigenvalue weighted by molar-refractivity contribution is 9.10. The molecule has 0 aromatic heterocycles. The van der Waals surface area contributed by atoms with Crippen LogP contribution < -0.4 is 4.74 Å². The summed E-state index contributed by atoms with van der Waals surface area (Å²) in [6.07, 6.45) is -4.65. The van der Waals surface area contributed by atoms with Crippen LogP contribution in [0.4, 0.5) is 13.2 Å². The molecule has 0 atom stereocenters. The predicted molar refractivity (Wildman–Crippen MR) is 55.2 cm³/mol. The zero-order chi connectivity index (χ0) is 12.3. The molecule has 0 heterocycles. The van der Waals surface area contributed by atoms with Gasteiger partial charge in [0.1, 0.15) is 11.5 Å². The fourth-order valence-electron chi connectivity index (χ4n) is 1.15. The largest absolute Gasteiger partial charge is 0.573 e. The summed E-state index contributed by atoms with van der Waals surface area (Å²) in [4.78, 5) is 10.8. The highest BCUT2D eigenvalue weighted by Gasteiger charge is 2.32. The van der Waals surface area contributed by atoms with Gasteiger partial charge in [0.2, 0.25) is 0 Å². The molecule has 0 bridgehead atoms. The van der Waals surface area contributed by atoms with Crippen molar-refractivity contribution in [2.24, 2.45) is 0 Å². The molecule has 0 amide bonds. The van der Waals surface area contributed by atoms with Gasteiger partial charge < -0.3 is 4.74 Å². The van der Waals surface area contributed by atoms with Gasteiger partial charge in [-0.15, -0.1) is 13.2 Å². The lowest BCUT2D eigenvalue weighted by Gasteiger charge is -2.11. The van der Waals surface area contributed by atoms with E-state index in [1.807, 2.05) is 0 Å². The summed E-state index contributed by atoms with van der Waals surface area (Å²) in [7, 11) is 0. The minimum atomic E-state index is -4.74. The van der Waals surface area contributed by atoms with Crippen molar-refractivity contribution in [3.8, 4) is 5.75 Å². The first-order valence-electron chi connectivity index (χ1n) is 4.31. The van der Waals surface area contributed by atoms with E-state index in [1.54, 1.807) is 6.07 Å². The smallest absolute Gasteiger partial charge is 0.405 e. The van der Waals surface area contributed by atoms with Crippen LogP contribution in [-0.2, 0) is 11.2 Å². The van der Waals surface area contributed by atoms with E-state index >= 15 is 0 Å². The quantitative estimate of drug-likeness (QED) is 0.854. The SMILES string of the molecule is CC(=O)Cc1ccc(Br)c(OC(F)(F)F)c1. The number of Topliss-reactive ketones (excluding diaryl/α,β-unsaturated/α-hetero) is 1. The normalized spacial score (nSPS) is 11.3. The molecule has 0 N–H and O–H groups in total. The monoisotopic (exact) mass is 296 g/mol. The first-order valence-corrected chi connectivity index (χ1v) is 5.11. The number of ether oxygens (including phenoxy) is 1. The van der Waals surface area contributed by atoms with Gasteiger partial charge in [0, 0.05) is 6.42 Å². The summed E-state index contributed by atoms with van der Waals surface area (Å²) >= 11 is 2.94. The molecule has 0 aliphatic heterocycles. The van der Waals surface area contributed by atoms with Crippen molar-refractivity contribution < 1.29 is 22.7 Å². The molecule has 6 heteroatoms. The third kappa shape index (κ3) is 4.22. The summed E-state index contributed by atoms with van der Waals surface area (Å²) in [5.74, 6) is -0.466.